The fourth-order valence-corrected chi connectivity index (χ4v) is 7.30. The van der Waals surface area contributed by atoms with Crippen molar-refractivity contribution < 1.29 is 0 Å². The fraction of sp³-hybridized carbons (Fsp3) is 0. The lowest BCUT2D eigenvalue weighted by molar-refractivity contribution is 1.09. The molecule has 3 heterocycles. The number of nitrogens with zero attached hydrogens (tertiary/aromatic N) is 4. The summed E-state index contributed by atoms with van der Waals surface area (Å²) in [4.78, 5) is 4.83. The molecule has 7 aromatic carbocycles. The van der Waals surface area contributed by atoms with Crippen LogP contribution in [0.5, 0.6) is 0 Å². The minimum Gasteiger partial charge on any atom is -0.309 e. The minimum atomic E-state index is 0.966. The zero-order valence-electron chi connectivity index (χ0n) is 24.3. The molecular weight excluding hydrogens is 548 g/mol. The van der Waals surface area contributed by atoms with E-state index in [1.165, 1.54) is 54.4 Å². The Morgan fingerprint density at radius 2 is 1.07 bits per heavy atom. The molecule has 0 bridgehead atoms. The summed E-state index contributed by atoms with van der Waals surface area (Å²) in [6, 6.07) is 54.5. The summed E-state index contributed by atoms with van der Waals surface area (Å²) in [6.07, 6.45) is 1.92. The lowest BCUT2D eigenvalue weighted by atomic mass is 10.0. The quantitative estimate of drug-likeness (QED) is 0.206. The molecule has 0 amide bonds. The molecule has 0 aliphatic rings. The summed E-state index contributed by atoms with van der Waals surface area (Å²) < 4.78 is 6.99. The Hall–Kier alpha value is -6.13. The number of para-hydroxylation sites is 3. The van der Waals surface area contributed by atoms with Gasteiger partial charge >= 0.3 is 0 Å². The van der Waals surface area contributed by atoms with Crippen LogP contribution in [0, 0.1) is 0 Å². The smallest absolute Gasteiger partial charge is 0.100 e. The lowest BCUT2D eigenvalue weighted by Crippen LogP contribution is -1.96. The van der Waals surface area contributed by atoms with E-state index in [1.807, 2.05) is 12.4 Å². The molecule has 0 aliphatic carbocycles. The first kappa shape index (κ1) is 24.3. The number of rotatable bonds is 3. The van der Waals surface area contributed by atoms with Crippen molar-refractivity contribution in [3.8, 4) is 17.1 Å². The molecule has 0 saturated carbocycles. The van der Waals surface area contributed by atoms with Crippen LogP contribution in [0.25, 0.3) is 82.5 Å². The number of hydrogen-bond donors (Lipinski definition) is 0. The van der Waals surface area contributed by atoms with E-state index in [0.29, 0.717) is 0 Å². The second-order valence-electron chi connectivity index (χ2n) is 11.7. The summed E-state index contributed by atoms with van der Waals surface area (Å²) in [7, 11) is 0. The number of fused-ring (bicyclic) bond motifs is 9. The Bertz CT molecular complexity index is 2750. The van der Waals surface area contributed by atoms with Crippen LogP contribution >= 0.6 is 0 Å². The highest BCUT2D eigenvalue weighted by Crippen LogP contribution is 2.41. The second-order valence-corrected chi connectivity index (χ2v) is 11.7. The van der Waals surface area contributed by atoms with Crippen molar-refractivity contribution in [2.24, 2.45) is 0 Å². The maximum Gasteiger partial charge on any atom is 0.100 e. The van der Waals surface area contributed by atoms with Gasteiger partial charge in [0.05, 0.1) is 33.1 Å². The molecule has 0 aliphatic heterocycles. The summed E-state index contributed by atoms with van der Waals surface area (Å²) in [5.41, 5.74) is 10.2. The highest BCUT2D eigenvalue weighted by Gasteiger charge is 2.20. The number of benzene rings is 7. The van der Waals surface area contributed by atoms with Gasteiger partial charge in [-0.25, -0.2) is 4.98 Å². The first-order chi connectivity index (χ1) is 22.3. The molecule has 4 nitrogen and oxygen atoms in total. The van der Waals surface area contributed by atoms with Gasteiger partial charge in [-0.1, -0.05) is 91.0 Å². The van der Waals surface area contributed by atoms with Crippen molar-refractivity contribution in [2.75, 3.05) is 0 Å². The summed E-state index contributed by atoms with van der Waals surface area (Å²) in [6.45, 7) is 0. The Kier molecular flexibility index (Phi) is 4.96. The maximum atomic E-state index is 4.83. The van der Waals surface area contributed by atoms with Gasteiger partial charge in [-0.2, -0.15) is 0 Å². The van der Waals surface area contributed by atoms with Gasteiger partial charge in [-0.15, -0.1) is 0 Å². The zero-order chi connectivity index (χ0) is 29.5. The Morgan fingerprint density at radius 1 is 0.378 bits per heavy atom. The predicted molar refractivity (Wildman–Crippen MR) is 187 cm³/mol. The lowest BCUT2D eigenvalue weighted by Gasteiger charge is -2.11. The van der Waals surface area contributed by atoms with Crippen molar-refractivity contribution in [3.05, 3.63) is 158 Å². The monoisotopic (exact) mass is 574 g/mol. The molecule has 10 aromatic rings. The van der Waals surface area contributed by atoms with Gasteiger partial charge in [0.1, 0.15) is 6.33 Å². The highest BCUT2D eigenvalue weighted by molar-refractivity contribution is 6.23. The first-order valence-corrected chi connectivity index (χ1v) is 15.3. The van der Waals surface area contributed by atoms with Crippen LogP contribution in [0.2, 0.25) is 0 Å². The third-order valence-corrected chi connectivity index (χ3v) is 9.28. The van der Waals surface area contributed by atoms with Crippen molar-refractivity contribution in [1.29, 1.82) is 0 Å². The summed E-state index contributed by atoms with van der Waals surface area (Å²) in [5, 5.41) is 7.50. The van der Waals surface area contributed by atoms with Gasteiger partial charge in [0.15, 0.2) is 0 Å². The van der Waals surface area contributed by atoms with E-state index in [1.54, 1.807) is 0 Å². The molecular formula is C41H26N4. The highest BCUT2D eigenvalue weighted by atomic mass is 15.1. The largest absolute Gasteiger partial charge is 0.309 e. The molecule has 0 spiro atoms. The third-order valence-electron chi connectivity index (χ3n) is 9.28. The molecule has 210 valence electrons. The Labute approximate surface area is 258 Å². The molecule has 0 saturated heterocycles. The fourth-order valence-electron chi connectivity index (χ4n) is 7.30. The zero-order valence-corrected chi connectivity index (χ0v) is 24.3. The molecule has 0 unspecified atom stereocenters. The average molecular weight is 575 g/mol. The standard InChI is InChI=1S/C41H26N4/c1-3-12-28(13-4-1)43-26-42-36-23-30(20-22-38(36)43)44-37-18-10-9-17-32(37)34-24-35-33-21-19-27-11-7-8-16-31(27)41(33)45(40(35)25-39(34)44)29-14-5-2-6-15-29/h1-26H. The van der Waals surface area contributed by atoms with Crippen LogP contribution < -0.4 is 0 Å². The van der Waals surface area contributed by atoms with Crippen LogP contribution in [0.4, 0.5) is 0 Å². The Morgan fingerprint density at radius 3 is 1.91 bits per heavy atom. The minimum absolute atomic E-state index is 0.966. The van der Waals surface area contributed by atoms with Crippen LogP contribution in [-0.2, 0) is 0 Å². The SMILES string of the molecule is c1ccc(-n2cnc3cc(-n4c5ccccc5c5cc6c7ccc8ccccc8c7n(-c7ccccc7)c6cc54)ccc32)cc1. The molecule has 4 heteroatoms. The van der Waals surface area contributed by atoms with E-state index in [2.05, 4.69) is 159 Å². The van der Waals surface area contributed by atoms with E-state index in [9.17, 15) is 0 Å². The van der Waals surface area contributed by atoms with Gasteiger partial charge in [0.25, 0.3) is 0 Å². The topological polar surface area (TPSA) is 27.7 Å². The predicted octanol–water partition coefficient (Wildman–Crippen LogP) is 10.4. The maximum absolute atomic E-state index is 4.83. The third kappa shape index (κ3) is 3.45. The van der Waals surface area contributed by atoms with Crippen molar-refractivity contribution in [2.45, 2.75) is 0 Å². The van der Waals surface area contributed by atoms with Gasteiger partial charge in [0.2, 0.25) is 0 Å². The van der Waals surface area contributed by atoms with Crippen molar-refractivity contribution >= 4 is 65.4 Å². The van der Waals surface area contributed by atoms with Crippen LogP contribution in [0.15, 0.2) is 158 Å². The number of imidazole rings is 1. The molecule has 0 atom stereocenters. The number of aromatic nitrogens is 4. The van der Waals surface area contributed by atoms with Crippen LogP contribution in [-0.4, -0.2) is 18.7 Å². The number of hydrogen-bond acceptors (Lipinski definition) is 1. The van der Waals surface area contributed by atoms with Gasteiger partial charge < -0.3 is 9.13 Å². The summed E-state index contributed by atoms with van der Waals surface area (Å²) >= 11 is 0. The van der Waals surface area contributed by atoms with E-state index < -0.39 is 0 Å². The molecule has 0 radical (unpaired) electrons. The van der Waals surface area contributed by atoms with Crippen molar-refractivity contribution in [1.82, 2.24) is 18.7 Å². The molecule has 45 heavy (non-hydrogen) atoms. The van der Waals surface area contributed by atoms with E-state index >= 15 is 0 Å². The second kappa shape index (κ2) is 9.18. The van der Waals surface area contributed by atoms with Crippen LogP contribution in [0.3, 0.4) is 0 Å². The molecule has 10 rings (SSSR count). The van der Waals surface area contributed by atoms with E-state index in [-0.39, 0.29) is 0 Å². The van der Waals surface area contributed by atoms with Gasteiger partial charge in [-0.3, -0.25) is 4.57 Å². The Balaban J connectivity index is 1.31. The van der Waals surface area contributed by atoms with Crippen molar-refractivity contribution in [3.63, 3.8) is 0 Å². The molecule has 3 aromatic heterocycles. The van der Waals surface area contributed by atoms with Crippen LogP contribution in [0.1, 0.15) is 0 Å². The van der Waals surface area contributed by atoms with Gasteiger partial charge in [-0.05, 0) is 66.0 Å². The van der Waals surface area contributed by atoms with E-state index in [4.69, 9.17) is 4.98 Å². The summed E-state index contributed by atoms with van der Waals surface area (Å²) in [5.74, 6) is 0. The van der Waals surface area contributed by atoms with E-state index in [0.717, 1.165) is 28.1 Å². The molecule has 0 fully saturated rings. The normalized spacial score (nSPS) is 12.0. The first-order valence-electron chi connectivity index (χ1n) is 15.3. The molecule has 0 N–H and O–H groups in total. The van der Waals surface area contributed by atoms with Gasteiger partial charge in [0, 0.05) is 44.0 Å². The average Bonchev–Trinajstić information content (AvgIpc) is 3.78.